The monoisotopic (exact) mass is 204 g/mol. The molecule has 15 heavy (non-hydrogen) atoms. The molecule has 5 nitrogen and oxygen atoms in total. The Hall–Kier alpha value is -2.17. The summed E-state index contributed by atoms with van der Waals surface area (Å²) in [6, 6.07) is 3.25. The second-order valence-electron chi connectivity index (χ2n) is 2.95. The Morgan fingerprint density at radius 2 is 2.33 bits per heavy atom. The summed E-state index contributed by atoms with van der Waals surface area (Å²) < 4.78 is 6.18. The zero-order chi connectivity index (χ0) is 10.8. The first-order valence-corrected chi connectivity index (χ1v) is 4.26. The van der Waals surface area contributed by atoms with Gasteiger partial charge >= 0.3 is 5.97 Å². The van der Waals surface area contributed by atoms with E-state index in [9.17, 15) is 9.59 Å². The van der Waals surface area contributed by atoms with E-state index in [0.29, 0.717) is 23.1 Å². The number of hydrogen-bond acceptors (Lipinski definition) is 4. The number of pyridine rings is 1. The maximum Gasteiger partial charge on any atom is 0.339 e. The highest BCUT2D eigenvalue weighted by Gasteiger charge is 2.08. The van der Waals surface area contributed by atoms with Crippen LogP contribution < -0.4 is 0 Å². The van der Waals surface area contributed by atoms with Crippen molar-refractivity contribution in [2.45, 2.75) is 0 Å². The van der Waals surface area contributed by atoms with Gasteiger partial charge in [-0.15, -0.1) is 0 Å². The summed E-state index contributed by atoms with van der Waals surface area (Å²) in [6.45, 7) is 0. The molecule has 0 saturated carbocycles. The average molecular weight is 204 g/mol. The average Bonchev–Trinajstić information content (AvgIpc) is 2.69. The van der Waals surface area contributed by atoms with Crippen molar-refractivity contribution in [1.29, 1.82) is 0 Å². The van der Waals surface area contributed by atoms with Crippen molar-refractivity contribution in [2.75, 3.05) is 7.11 Å². The van der Waals surface area contributed by atoms with Crippen LogP contribution in [0.3, 0.4) is 0 Å². The summed E-state index contributed by atoms with van der Waals surface area (Å²) >= 11 is 0. The van der Waals surface area contributed by atoms with Gasteiger partial charge in [0.05, 0.1) is 18.2 Å². The number of fused-ring (bicyclic) bond motifs is 1. The third kappa shape index (κ3) is 1.48. The number of ether oxygens (including phenoxy) is 1. The maximum atomic E-state index is 11.2. The highest BCUT2D eigenvalue weighted by Crippen LogP contribution is 2.10. The predicted octanol–water partition coefficient (Wildman–Crippen LogP) is 0.933. The lowest BCUT2D eigenvalue weighted by Crippen LogP contribution is -2.02. The van der Waals surface area contributed by atoms with Crippen molar-refractivity contribution in [1.82, 2.24) is 9.38 Å². The fourth-order valence-corrected chi connectivity index (χ4v) is 1.35. The van der Waals surface area contributed by atoms with Crippen molar-refractivity contribution >= 4 is 17.8 Å². The summed E-state index contributed by atoms with van der Waals surface area (Å²) in [5, 5.41) is 0. The van der Waals surface area contributed by atoms with Crippen molar-refractivity contribution in [3.05, 3.63) is 35.9 Å². The van der Waals surface area contributed by atoms with Crippen LogP contribution in [0.1, 0.15) is 20.8 Å². The largest absolute Gasteiger partial charge is 0.465 e. The van der Waals surface area contributed by atoms with Crippen LogP contribution in [0.2, 0.25) is 0 Å². The summed E-state index contributed by atoms with van der Waals surface area (Å²) in [5.74, 6) is -0.418. The quantitative estimate of drug-likeness (QED) is 0.539. The minimum atomic E-state index is -0.418. The number of aldehydes is 1. The number of methoxy groups -OCH3 is 1. The molecule has 76 valence electrons. The SMILES string of the molecule is COC(=O)c1ccc2c(C=O)ncn2c1. The second-order valence-corrected chi connectivity index (χ2v) is 2.95. The lowest BCUT2D eigenvalue weighted by atomic mass is 10.2. The Kier molecular flexibility index (Phi) is 2.21. The zero-order valence-electron chi connectivity index (χ0n) is 8.01. The van der Waals surface area contributed by atoms with E-state index in [0.717, 1.165) is 0 Å². The molecule has 2 aromatic rings. The number of carbonyl (C=O) groups is 2. The molecule has 0 atom stereocenters. The summed E-state index contributed by atoms with van der Waals surface area (Å²) in [4.78, 5) is 25.7. The standard InChI is InChI=1S/C10H8N2O3/c1-15-10(14)7-2-3-9-8(5-13)11-6-12(9)4-7/h2-6H,1H3. The minimum absolute atomic E-state index is 0.353. The van der Waals surface area contributed by atoms with Gasteiger partial charge in [0.25, 0.3) is 0 Å². The molecule has 0 bridgehead atoms. The summed E-state index contributed by atoms with van der Waals surface area (Å²) in [5.41, 5.74) is 1.43. The Morgan fingerprint density at radius 1 is 1.53 bits per heavy atom. The molecular weight excluding hydrogens is 196 g/mol. The highest BCUT2D eigenvalue weighted by molar-refractivity contribution is 5.90. The van der Waals surface area contributed by atoms with Crippen molar-refractivity contribution in [3.63, 3.8) is 0 Å². The zero-order valence-corrected chi connectivity index (χ0v) is 8.01. The van der Waals surface area contributed by atoms with E-state index in [-0.39, 0.29) is 0 Å². The van der Waals surface area contributed by atoms with Crippen molar-refractivity contribution < 1.29 is 14.3 Å². The van der Waals surface area contributed by atoms with Crippen LogP contribution in [0.25, 0.3) is 5.52 Å². The van der Waals surface area contributed by atoms with Gasteiger partial charge in [0, 0.05) is 6.20 Å². The number of carbonyl (C=O) groups excluding carboxylic acids is 2. The number of aromatic nitrogens is 2. The van der Waals surface area contributed by atoms with E-state index >= 15 is 0 Å². The van der Waals surface area contributed by atoms with Gasteiger partial charge in [-0.3, -0.25) is 4.79 Å². The third-order valence-electron chi connectivity index (χ3n) is 2.09. The van der Waals surface area contributed by atoms with Crippen LogP contribution in [-0.4, -0.2) is 28.7 Å². The van der Waals surface area contributed by atoms with Gasteiger partial charge in [-0.05, 0) is 12.1 Å². The van der Waals surface area contributed by atoms with Gasteiger partial charge in [0.15, 0.2) is 6.29 Å². The molecule has 0 N–H and O–H groups in total. The first-order chi connectivity index (χ1) is 7.26. The third-order valence-corrected chi connectivity index (χ3v) is 2.09. The lowest BCUT2D eigenvalue weighted by molar-refractivity contribution is 0.0600. The summed E-state index contributed by atoms with van der Waals surface area (Å²) in [6.07, 6.45) is 3.72. The molecule has 0 amide bonds. The van der Waals surface area contributed by atoms with Crippen LogP contribution >= 0.6 is 0 Å². The molecule has 0 aliphatic rings. The molecule has 2 aromatic heterocycles. The molecule has 2 heterocycles. The van der Waals surface area contributed by atoms with Crippen LogP contribution in [0.4, 0.5) is 0 Å². The van der Waals surface area contributed by atoms with Crippen molar-refractivity contribution in [3.8, 4) is 0 Å². The predicted molar refractivity (Wildman–Crippen MR) is 51.9 cm³/mol. The van der Waals surface area contributed by atoms with Gasteiger partial charge in [-0.1, -0.05) is 0 Å². The molecule has 0 spiro atoms. The number of rotatable bonds is 2. The Labute approximate surface area is 85.3 Å². The highest BCUT2D eigenvalue weighted by atomic mass is 16.5. The van der Waals surface area contributed by atoms with E-state index in [4.69, 9.17) is 0 Å². The van der Waals surface area contributed by atoms with Crippen LogP contribution in [0.15, 0.2) is 24.7 Å². The molecule has 0 aliphatic carbocycles. The minimum Gasteiger partial charge on any atom is -0.465 e. The van der Waals surface area contributed by atoms with Crippen LogP contribution in [-0.2, 0) is 4.74 Å². The van der Waals surface area contributed by atoms with Crippen LogP contribution in [0, 0.1) is 0 Å². The van der Waals surface area contributed by atoms with E-state index in [1.165, 1.54) is 13.4 Å². The molecule has 2 rings (SSSR count). The number of hydrogen-bond donors (Lipinski definition) is 0. The molecule has 0 saturated heterocycles. The molecule has 0 aromatic carbocycles. The fraction of sp³-hybridized carbons (Fsp3) is 0.100. The van der Waals surface area contributed by atoms with E-state index in [1.807, 2.05) is 0 Å². The van der Waals surface area contributed by atoms with Gasteiger partial charge in [0.1, 0.15) is 12.0 Å². The molecule has 0 fully saturated rings. The Bertz CT molecular complexity index is 530. The molecule has 5 heteroatoms. The molecule has 0 unspecified atom stereocenters. The van der Waals surface area contributed by atoms with Crippen LogP contribution in [0.5, 0.6) is 0 Å². The fourth-order valence-electron chi connectivity index (χ4n) is 1.35. The van der Waals surface area contributed by atoms with Crippen molar-refractivity contribution in [2.24, 2.45) is 0 Å². The number of imidazole rings is 1. The van der Waals surface area contributed by atoms with Gasteiger partial charge in [-0.25, -0.2) is 9.78 Å². The smallest absolute Gasteiger partial charge is 0.339 e. The van der Waals surface area contributed by atoms with Gasteiger partial charge in [0.2, 0.25) is 0 Å². The topological polar surface area (TPSA) is 60.7 Å². The maximum absolute atomic E-state index is 11.2. The number of esters is 1. The second kappa shape index (κ2) is 3.53. The van der Waals surface area contributed by atoms with E-state index in [2.05, 4.69) is 9.72 Å². The molecule has 0 aliphatic heterocycles. The van der Waals surface area contributed by atoms with Gasteiger partial charge in [-0.2, -0.15) is 0 Å². The normalized spacial score (nSPS) is 10.2. The Balaban J connectivity index is 2.58. The Morgan fingerprint density at radius 3 is 3.00 bits per heavy atom. The molecular formula is C10H8N2O3. The molecule has 0 radical (unpaired) electrons. The first-order valence-electron chi connectivity index (χ1n) is 4.26. The van der Waals surface area contributed by atoms with Gasteiger partial charge < -0.3 is 9.14 Å². The first kappa shape index (κ1) is 9.39. The van der Waals surface area contributed by atoms with E-state index < -0.39 is 5.97 Å². The number of nitrogens with zero attached hydrogens (tertiary/aromatic N) is 2. The summed E-state index contributed by atoms with van der Waals surface area (Å²) in [7, 11) is 1.32. The van der Waals surface area contributed by atoms with E-state index in [1.54, 1.807) is 22.7 Å². The lowest BCUT2D eigenvalue weighted by Gasteiger charge is -1.99.